The molecule has 7 nitrogen and oxygen atoms in total. The van der Waals surface area contributed by atoms with E-state index in [2.05, 4.69) is 10.1 Å². The molecule has 180 valence electrons. The molecule has 4 heterocycles. The van der Waals surface area contributed by atoms with Gasteiger partial charge in [-0.25, -0.2) is 13.9 Å². The van der Waals surface area contributed by atoms with Gasteiger partial charge in [0.25, 0.3) is 11.8 Å². The summed E-state index contributed by atoms with van der Waals surface area (Å²) in [6.07, 6.45) is 5.30. The summed E-state index contributed by atoms with van der Waals surface area (Å²) in [7, 11) is 1.80. The molecule has 0 saturated carbocycles. The number of amides is 2. The molecule has 35 heavy (non-hydrogen) atoms. The Labute approximate surface area is 206 Å². The number of nitrogens with zero attached hydrogens (tertiary/aromatic N) is 5. The minimum absolute atomic E-state index is 0.0583. The average Bonchev–Trinajstić information content (AvgIpc) is 3.57. The summed E-state index contributed by atoms with van der Waals surface area (Å²) >= 11 is 1.40. The molecule has 0 radical (unpaired) electrons. The Morgan fingerprint density at radius 1 is 1.17 bits per heavy atom. The first-order valence-electron chi connectivity index (χ1n) is 11.6. The Morgan fingerprint density at radius 2 is 1.97 bits per heavy atom. The maximum Gasteiger partial charge on any atom is 0.274 e. The van der Waals surface area contributed by atoms with Crippen molar-refractivity contribution in [2.24, 2.45) is 5.92 Å². The van der Waals surface area contributed by atoms with Gasteiger partial charge in [-0.2, -0.15) is 5.10 Å². The summed E-state index contributed by atoms with van der Waals surface area (Å²) in [5.74, 6) is -0.308. The van der Waals surface area contributed by atoms with Gasteiger partial charge in [0.15, 0.2) is 11.3 Å². The number of thiophene rings is 1. The summed E-state index contributed by atoms with van der Waals surface area (Å²) in [4.78, 5) is 34.7. The second-order valence-corrected chi connectivity index (χ2v) is 9.79. The number of likely N-dealkylation sites (tertiary alicyclic amines) is 1. The van der Waals surface area contributed by atoms with Crippen LogP contribution in [0.15, 0.2) is 66.3 Å². The molecule has 0 spiro atoms. The van der Waals surface area contributed by atoms with Crippen molar-refractivity contribution in [1.82, 2.24) is 24.4 Å². The number of hydrogen-bond acceptors (Lipinski definition) is 5. The molecule has 1 aliphatic heterocycles. The highest BCUT2D eigenvalue weighted by Crippen LogP contribution is 2.29. The van der Waals surface area contributed by atoms with E-state index in [9.17, 15) is 14.0 Å². The van der Waals surface area contributed by atoms with Gasteiger partial charge in [0.2, 0.25) is 0 Å². The van der Waals surface area contributed by atoms with E-state index in [-0.39, 0.29) is 29.6 Å². The van der Waals surface area contributed by atoms with Crippen molar-refractivity contribution in [2.45, 2.75) is 25.3 Å². The fraction of sp³-hybridized carbons (Fsp3) is 0.308. The van der Waals surface area contributed by atoms with Crippen LogP contribution in [-0.2, 0) is 6.42 Å². The van der Waals surface area contributed by atoms with Gasteiger partial charge in [-0.1, -0.05) is 24.3 Å². The van der Waals surface area contributed by atoms with Gasteiger partial charge in [0.05, 0.1) is 4.88 Å². The highest BCUT2D eigenvalue weighted by molar-refractivity contribution is 7.12. The molecule has 1 atom stereocenters. The van der Waals surface area contributed by atoms with E-state index in [1.807, 2.05) is 23.6 Å². The first kappa shape index (κ1) is 23.2. The average molecular weight is 492 g/mol. The van der Waals surface area contributed by atoms with Crippen molar-refractivity contribution in [2.75, 3.05) is 20.1 Å². The molecule has 5 rings (SSSR count). The molecule has 0 bridgehead atoms. The molecule has 2 amide bonds. The van der Waals surface area contributed by atoms with Crippen LogP contribution in [0, 0.1) is 11.7 Å². The largest absolute Gasteiger partial charge is 0.337 e. The predicted octanol–water partition coefficient (Wildman–Crippen LogP) is 4.17. The van der Waals surface area contributed by atoms with E-state index in [1.165, 1.54) is 17.4 Å². The van der Waals surface area contributed by atoms with Crippen LogP contribution in [-0.4, -0.2) is 62.4 Å². The van der Waals surface area contributed by atoms with E-state index in [4.69, 9.17) is 0 Å². The lowest BCUT2D eigenvalue weighted by molar-refractivity contribution is 0.0521. The zero-order chi connectivity index (χ0) is 24.4. The minimum atomic E-state index is -0.262. The second kappa shape index (κ2) is 9.95. The predicted molar refractivity (Wildman–Crippen MR) is 132 cm³/mol. The van der Waals surface area contributed by atoms with E-state index < -0.39 is 0 Å². The highest BCUT2D eigenvalue weighted by atomic mass is 32.1. The number of carbonyl (C=O) groups is 2. The molecule has 1 aromatic carbocycles. The van der Waals surface area contributed by atoms with Crippen molar-refractivity contribution >= 4 is 28.8 Å². The number of piperidine rings is 1. The molecule has 3 aromatic heterocycles. The number of fused-ring (bicyclic) bond motifs is 1. The third kappa shape index (κ3) is 4.81. The standard InChI is InChI=1S/C26H26FN5O2S/c1-30(26(34)23-8-4-15-35-23)22(16-19-6-2-3-7-20(19)27)18-9-13-31(14-10-18)25(33)21-17-24-28-11-5-12-32(24)29-21/h2-8,11-12,15,17-18,22H,9-10,13-14,16H2,1H3/t22-/m1/s1. The van der Waals surface area contributed by atoms with Crippen LogP contribution >= 0.6 is 11.3 Å². The number of rotatable bonds is 6. The molecule has 4 aromatic rings. The second-order valence-electron chi connectivity index (χ2n) is 8.84. The lowest BCUT2D eigenvalue weighted by Gasteiger charge is -2.40. The van der Waals surface area contributed by atoms with Crippen molar-refractivity contribution in [1.29, 1.82) is 0 Å². The molecule has 1 saturated heterocycles. The molecule has 0 N–H and O–H groups in total. The van der Waals surface area contributed by atoms with E-state index in [1.54, 1.807) is 58.0 Å². The quantitative estimate of drug-likeness (QED) is 0.406. The Morgan fingerprint density at radius 3 is 2.69 bits per heavy atom. The van der Waals surface area contributed by atoms with E-state index >= 15 is 0 Å². The number of likely N-dealkylation sites (N-methyl/N-ethyl adjacent to an activating group) is 1. The maximum atomic E-state index is 14.5. The van der Waals surface area contributed by atoms with Gasteiger partial charge in [0.1, 0.15) is 5.82 Å². The molecular formula is C26H26FN5O2S. The normalized spacial score (nSPS) is 15.3. The molecular weight excluding hydrogens is 465 g/mol. The number of carbonyl (C=O) groups excluding carboxylic acids is 2. The SMILES string of the molecule is CN(C(=O)c1cccs1)[C@H](Cc1ccccc1F)C1CCN(C(=O)c2cc3ncccn3n2)CC1. The molecule has 1 aliphatic rings. The summed E-state index contributed by atoms with van der Waals surface area (Å²) in [5, 5.41) is 6.24. The van der Waals surface area contributed by atoms with Gasteiger partial charge in [-0.3, -0.25) is 9.59 Å². The Hall–Kier alpha value is -3.59. The minimum Gasteiger partial charge on any atom is -0.337 e. The summed E-state index contributed by atoms with van der Waals surface area (Å²) < 4.78 is 16.1. The van der Waals surface area contributed by atoms with Crippen molar-refractivity contribution in [3.05, 3.63) is 88.3 Å². The van der Waals surface area contributed by atoms with Gasteiger partial charge in [0, 0.05) is 44.6 Å². The number of halogens is 1. The summed E-state index contributed by atoms with van der Waals surface area (Å²) in [6, 6.07) is 13.7. The zero-order valence-electron chi connectivity index (χ0n) is 19.4. The first-order chi connectivity index (χ1) is 17.0. The van der Waals surface area contributed by atoms with Crippen molar-refractivity contribution in [3.63, 3.8) is 0 Å². The lowest BCUT2D eigenvalue weighted by Crippen LogP contribution is -2.48. The van der Waals surface area contributed by atoms with Gasteiger partial charge >= 0.3 is 0 Å². The molecule has 0 unspecified atom stereocenters. The molecule has 1 fully saturated rings. The van der Waals surface area contributed by atoms with E-state index in [0.29, 0.717) is 41.3 Å². The zero-order valence-corrected chi connectivity index (χ0v) is 20.2. The topological polar surface area (TPSA) is 70.8 Å². The Balaban J connectivity index is 1.32. The summed E-state index contributed by atoms with van der Waals surface area (Å²) in [5.41, 5.74) is 1.60. The fourth-order valence-electron chi connectivity index (χ4n) is 4.82. The van der Waals surface area contributed by atoms with Crippen LogP contribution in [0.1, 0.15) is 38.6 Å². The lowest BCUT2D eigenvalue weighted by atomic mass is 9.84. The van der Waals surface area contributed by atoms with Crippen molar-refractivity contribution < 1.29 is 14.0 Å². The van der Waals surface area contributed by atoms with Gasteiger partial charge in [-0.05, 0) is 54.3 Å². The first-order valence-corrected chi connectivity index (χ1v) is 12.5. The van der Waals surface area contributed by atoms with Crippen LogP contribution in [0.2, 0.25) is 0 Å². The summed E-state index contributed by atoms with van der Waals surface area (Å²) in [6.45, 7) is 1.11. The van der Waals surface area contributed by atoms with Gasteiger partial charge < -0.3 is 9.80 Å². The van der Waals surface area contributed by atoms with Crippen LogP contribution in [0.3, 0.4) is 0 Å². The van der Waals surface area contributed by atoms with Crippen LogP contribution in [0.5, 0.6) is 0 Å². The highest BCUT2D eigenvalue weighted by Gasteiger charge is 2.34. The molecule has 0 aliphatic carbocycles. The number of aromatic nitrogens is 3. The number of hydrogen-bond donors (Lipinski definition) is 0. The molecule has 9 heteroatoms. The third-order valence-corrected chi connectivity index (χ3v) is 7.62. The van der Waals surface area contributed by atoms with Crippen LogP contribution < -0.4 is 0 Å². The fourth-order valence-corrected chi connectivity index (χ4v) is 5.52. The van der Waals surface area contributed by atoms with Gasteiger partial charge in [-0.15, -0.1) is 11.3 Å². The smallest absolute Gasteiger partial charge is 0.274 e. The Bertz CT molecular complexity index is 1300. The number of benzene rings is 1. The van der Waals surface area contributed by atoms with Crippen LogP contribution in [0.25, 0.3) is 5.65 Å². The van der Waals surface area contributed by atoms with Crippen LogP contribution in [0.4, 0.5) is 4.39 Å². The Kier molecular flexibility index (Phi) is 6.59. The monoisotopic (exact) mass is 491 g/mol. The third-order valence-electron chi connectivity index (χ3n) is 6.76. The van der Waals surface area contributed by atoms with E-state index in [0.717, 1.165) is 12.8 Å². The maximum absolute atomic E-state index is 14.5. The van der Waals surface area contributed by atoms with Crippen molar-refractivity contribution in [3.8, 4) is 0 Å².